The van der Waals surface area contributed by atoms with Crippen LogP contribution in [-0.2, 0) is 9.84 Å². The lowest BCUT2D eigenvalue weighted by molar-refractivity contribution is 0.196. The van der Waals surface area contributed by atoms with Gasteiger partial charge >= 0.3 is 0 Å². The Bertz CT molecular complexity index is 633. The normalized spacial score (nSPS) is 21.1. The molecule has 0 saturated carbocycles. The fourth-order valence-corrected chi connectivity index (χ4v) is 4.58. The van der Waals surface area contributed by atoms with Gasteiger partial charge < -0.3 is 10.2 Å². The average Bonchev–Trinajstić information content (AvgIpc) is 2.63. The van der Waals surface area contributed by atoms with E-state index in [0.717, 1.165) is 50.9 Å². The molecule has 2 saturated heterocycles. The van der Waals surface area contributed by atoms with Gasteiger partial charge in [0.15, 0.2) is 9.84 Å². The van der Waals surface area contributed by atoms with Crippen LogP contribution in [0.3, 0.4) is 0 Å². The Morgan fingerprint density at radius 3 is 2.50 bits per heavy atom. The van der Waals surface area contributed by atoms with Crippen LogP contribution in [0.5, 0.6) is 0 Å². The number of rotatable bonds is 5. The molecular weight excluding hydrogens is 322 g/mol. The van der Waals surface area contributed by atoms with Crippen molar-refractivity contribution in [2.75, 3.05) is 56.5 Å². The van der Waals surface area contributed by atoms with E-state index in [9.17, 15) is 8.42 Å². The second kappa shape index (κ2) is 7.85. The van der Waals surface area contributed by atoms with E-state index in [1.54, 1.807) is 13.0 Å². The van der Waals surface area contributed by atoms with E-state index in [4.69, 9.17) is 0 Å². The van der Waals surface area contributed by atoms with E-state index in [1.807, 2.05) is 18.2 Å². The molecule has 1 aromatic rings. The molecule has 0 aromatic heterocycles. The first-order valence-electron chi connectivity index (χ1n) is 9.09. The predicted molar refractivity (Wildman–Crippen MR) is 98.4 cm³/mol. The van der Waals surface area contributed by atoms with Gasteiger partial charge in [0.1, 0.15) is 0 Å². The summed E-state index contributed by atoms with van der Waals surface area (Å²) >= 11 is 0. The monoisotopic (exact) mass is 351 g/mol. The molecule has 3 rings (SSSR count). The third-order valence-electron chi connectivity index (χ3n) is 5.27. The first-order chi connectivity index (χ1) is 11.6. The first-order valence-corrected chi connectivity index (χ1v) is 10.7. The van der Waals surface area contributed by atoms with Crippen molar-refractivity contribution in [3.63, 3.8) is 0 Å². The fraction of sp³-hybridized carbons (Fsp3) is 0.667. The summed E-state index contributed by atoms with van der Waals surface area (Å²) in [6, 6.07) is 7.42. The SMILES string of the molecule is CCS(=O)(=O)c1cccc(N2CCN(CC3CCNCC3)CC2)c1. The van der Waals surface area contributed by atoms with Crippen LogP contribution in [0.1, 0.15) is 19.8 Å². The second-order valence-electron chi connectivity index (χ2n) is 6.88. The third kappa shape index (κ3) is 4.29. The van der Waals surface area contributed by atoms with Crippen molar-refractivity contribution in [2.45, 2.75) is 24.7 Å². The summed E-state index contributed by atoms with van der Waals surface area (Å²) < 4.78 is 24.2. The number of sulfone groups is 1. The topological polar surface area (TPSA) is 52.7 Å². The number of nitrogens with zero attached hydrogens (tertiary/aromatic N) is 2. The van der Waals surface area contributed by atoms with Gasteiger partial charge in [0.25, 0.3) is 0 Å². The minimum atomic E-state index is -3.13. The van der Waals surface area contributed by atoms with E-state index in [0.29, 0.717) is 4.90 Å². The van der Waals surface area contributed by atoms with Gasteiger partial charge in [-0.3, -0.25) is 4.90 Å². The number of hydrogen-bond donors (Lipinski definition) is 1. The van der Waals surface area contributed by atoms with Crippen LogP contribution >= 0.6 is 0 Å². The van der Waals surface area contributed by atoms with Crippen LogP contribution in [0.2, 0.25) is 0 Å². The summed E-state index contributed by atoms with van der Waals surface area (Å²) in [4.78, 5) is 5.33. The minimum Gasteiger partial charge on any atom is -0.369 e. The second-order valence-corrected chi connectivity index (χ2v) is 9.16. The Morgan fingerprint density at radius 2 is 1.83 bits per heavy atom. The quantitative estimate of drug-likeness (QED) is 0.873. The van der Waals surface area contributed by atoms with Crippen molar-refractivity contribution in [3.8, 4) is 0 Å². The molecule has 0 unspecified atom stereocenters. The van der Waals surface area contributed by atoms with Crippen molar-refractivity contribution in [1.82, 2.24) is 10.2 Å². The average molecular weight is 352 g/mol. The van der Waals surface area contributed by atoms with Crippen LogP contribution in [0.25, 0.3) is 0 Å². The molecule has 1 aromatic carbocycles. The zero-order valence-electron chi connectivity index (χ0n) is 14.6. The van der Waals surface area contributed by atoms with Crippen LogP contribution in [0.15, 0.2) is 29.2 Å². The summed E-state index contributed by atoms with van der Waals surface area (Å²) in [7, 11) is -3.13. The lowest BCUT2D eigenvalue weighted by atomic mass is 9.97. The molecule has 1 N–H and O–H groups in total. The van der Waals surface area contributed by atoms with Gasteiger partial charge in [0, 0.05) is 38.4 Å². The summed E-state index contributed by atoms with van der Waals surface area (Å²) in [5.74, 6) is 0.983. The van der Waals surface area contributed by atoms with E-state index in [-0.39, 0.29) is 5.75 Å². The molecule has 0 atom stereocenters. The molecule has 0 aliphatic carbocycles. The van der Waals surface area contributed by atoms with Gasteiger partial charge in [-0.2, -0.15) is 0 Å². The zero-order valence-corrected chi connectivity index (χ0v) is 15.4. The maximum Gasteiger partial charge on any atom is 0.178 e. The molecule has 2 heterocycles. The molecule has 2 fully saturated rings. The molecule has 24 heavy (non-hydrogen) atoms. The highest BCUT2D eigenvalue weighted by Gasteiger charge is 2.22. The van der Waals surface area contributed by atoms with Gasteiger partial charge in [-0.15, -0.1) is 0 Å². The molecule has 6 heteroatoms. The van der Waals surface area contributed by atoms with E-state index >= 15 is 0 Å². The van der Waals surface area contributed by atoms with Crippen LogP contribution < -0.4 is 10.2 Å². The number of piperidine rings is 1. The zero-order chi connectivity index (χ0) is 17.0. The summed E-state index contributed by atoms with van der Waals surface area (Å²) in [6.45, 7) is 9.29. The molecule has 0 spiro atoms. The molecule has 0 radical (unpaired) electrons. The number of piperazine rings is 1. The molecule has 5 nitrogen and oxygen atoms in total. The standard InChI is InChI=1S/C18H29N3O2S/c1-2-24(22,23)18-5-3-4-17(14-18)21-12-10-20(11-13-21)15-16-6-8-19-9-7-16/h3-5,14,16,19H,2,6-13,15H2,1H3. The Hall–Kier alpha value is -1.11. The highest BCUT2D eigenvalue weighted by molar-refractivity contribution is 7.91. The molecular formula is C18H29N3O2S. The molecule has 2 aliphatic rings. The van der Waals surface area contributed by atoms with Gasteiger partial charge in [-0.05, 0) is 50.0 Å². The van der Waals surface area contributed by atoms with Crippen molar-refractivity contribution >= 4 is 15.5 Å². The Balaban J connectivity index is 1.57. The maximum atomic E-state index is 12.1. The van der Waals surface area contributed by atoms with Crippen molar-refractivity contribution < 1.29 is 8.42 Å². The van der Waals surface area contributed by atoms with Crippen LogP contribution in [0.4, 0.5) is 5.69 Å². The van der Waals surface area contributed by atoms with Crippen molar-refractivity contribution in [1.29, 1.82) is 0 Å². The summed E-state index contributed by atoms with van der Waals surface area (Å²) in [6.07, 6.45) is 2.58. The van der Waals surface area contributed by atoms with Crippen molar-refractivity contribution in [2.24, 2.45) is 5.92 Å². The number of benzene rings is 1. The summed E-state index contributed by atoms with van der Waals surface area (Å²) in [5.41, 5.74) is 1.03. The fourth-order valence-electron chi connectivity index (χ4n) is 3.66. The highest BCUT2D eigenvalue weighted by atomic mass is 32.2. The molecule has 0 amide bonds. The summed E-state index contributed by atoms with van der Waals surface area (Å²) in [5, 5.41) is 3.43. The van der Waals surface area contributed by atoms with Crippen LogP contribution in [-0.4, -0.2) is 64.9 Å². The third-order valence-corrected chi connectivity index (χ3v) is 7.00. The first kappa shape index (κ1) is 17.7. The smallest absolute Gasteiger partial charge is 0.178 e. The number of anilines is 1. The Kier molecular flexibility index (Phi) is 5.79. The lowest BCUT2D eigenvalue weighted by Crippen LogP contribution is -2.48. The lowest BCUT2D eigenvalue weighted by Gasteiger charge is -2.38. The Morgan fingerprint density at radius 1 is 1.12 bits per heavy atom. The van der Waals surface area contributed by atoms with Gasteiger partial charge in [-0.25, -0.2) is 8.42 Å². The molecule has 2 aliphatic heterocycles. The van der Waals surface area contributed by atoms with Gasteiger partial charge in [0.2, 0.25) is 0 Å². The van der Waals surface area contributed by atoms with Crippen molar-refractivity contribution in [3.05, 3.63) is 24.3 Å². The minimum absolute atomic E-state index is 0.153. The Labute approximate surface area is 145 Å². The maximum absolute atomic E-state index is 12.1. The van der Waals surface area contributed by atoms with E-state index < -0.39 is 9.84 Å². The number of hydrogen-bond acceptors (Lipinski definition) is 5. The molecule has 134 valence electrons. The highest BCUT2D eigenvalue weighted by Crippen LogP contribution is 2.22. The van der Waals surface area contributed by atoms with E-state index in [2.05, 4.69) is 15.1 Å². The largest absolute Gasteiger partial charge is 0.369 e. The van der Waals surface area contributed by atoms with Gasteiger partial charge in [0.05, 0.1) is 10.6 Å². The van der Waals surface area contributed by atoms with Crippen LogP contribution in [0, 0.1) is 5.92 Å². The predicted octanol–water partition coefficient (Wildman–Crippen LogP) is 1.60. The van der Waals surface area contributed by atoms with E-state index in [1.165, 1.54) is 19.4 Å². The van der Waals surface area contributed by atoms with Gasteiger partial charge in [-0.1, -0.05) is 13.0 Å². The molecule has 0 bridgehead atoms. The number of nitrogens with one attached hydrogen (secondary N) is 1.